The van der Waals surface area contributed by atoms with E-state index < -0.39 is 0 Å². The van der Waals surface area contributed by atoms with Gasteiger partial charge in [-0.1, -0.05) is 32.0 Å². The highest BCUT2D eigenvalue weighted by molar-refractivity contribution is 5.90. The normalized spacial score (nSPS) is 21.5. The number of amides is 1. The molecule has 174 valence electrons. The van der Waals surface area contributed by atoms with Gasteiger partial charge in [-0.3, -0.25) is 15.1 Å². The highest BCUT2D eigenvalue weighted by Crippen LogP contribution is 2.36. The van der Waals surface area contributed by atoms with Crippen molar-refractivity contribution in [3.05, 3.63) is 65.6 Å². The average Bonchev–Trinajstić information content (AvgIpc) is 3.07. The molecule has 1 N–H and O–H groups in total. The van der Waals surface area contributed by atoms with Gasteiger partial charge in [-0.25, -0.2) is 0 Å². The van der Waals surface area contributed by atoms with Crippen LogP contribution in [0.1, 0.15) is 43.0 Å². The van der Waals surface area contributed by atoms with Crippen LogP contribution in [0.15, 0.2) is 48.9 Å². The smallest absolute Gasteiger partial charge is 0.240 e. The summed E-state index contributed by atoms with van der Waals surface area (Å²) in [7, 11) is 2.13. The van der Waals surface area contributed by atoms with Gasteiger partial charge < -0.3 is 14.4 Å². The number of hydrogen-bond acceptors (Lipinski definition) is 4. The van der Waals surface area contributed by atoms with Gasteiger partial charge in [0, 0.05) is 68.3 Å². The Morgan fingerprint density at radius 3 is 2.70 bits per heavy atom. The summed E-state index contributed by atoms with van der Waals surface area (Å²) < 4.78 is 2.33. The third-order valence-electron chi connectivity index (χ3n) is 7.11. The number of hydrogen-bond donors (Lipinski definition) is 1. The number of rotatable bonds is 5. The molecule has 0 aliphatic carbocycles. The maximum atomic E-state index is 13.6. The van der Waals surface area contributed by atoms with Crippen LogP contribution in [0.25, 0.3) is 10.9 Å². The monoisotopic (exact) mass is 445 g/mol. The molecule has 0 radical (unpaired) electrons. The zero-order chi connectivity index (χ0) is 22.9. The number of piperazine rings is 1. The minimum absolute atomic E-state index is 0.172. The second-order valence-corrected chi connectivity index (χ2v) is 10.1. The molecule has 2 aromatic heterocycles. The predicted octanol–water partition coefficient (Wildman–Crippen LogP) is 3.46. The molecule has 1 saturated heterocycles. The van der Waals surface area contributed by atoms with Crippen LogP contribution in [-0.4, -0.2) is 64.5 Å². The minimum atomic E-state index is -0.193. The maximum absolute atomic E-state index is 13.6. The molecule has 4 heterocycles. The van der Waals surface area contributed by atoms with Crippen molar-refractivity contribution in [2.75, 3.05) is 33.2 Å². The number of benzene rings is 1. The van der Waals surface area contributed by atoms with Crippen LogP contribution in [0.4, 0.5) is 0 Å². The van der Waals surface area contributed by atoms with E-state index in [1.54, 1.807) is 0 Å². The van der Waals surface area contributed by atoms with E-state index in [0.29, 0.717) is 5.92 Å². The van der Waals surface area contributed by atoms with Gasteiger partial charge in [0.1, 0.15) is 0 Å². The summed E-state index contributed by atoms with van der Waals surface area (Å²) in [5, 5.41) is 5.12. The molecule has 1 amide bonds. The van der Waals surface area contributed by atoms with Crippen LogP contribution in [0.3, 0.4) is 0 Å². The third kappa shape index (κ3) is 4.55. The van der Waals surface area contributed by atoms with Gasteiger partial charge >= 0.3 is 0 Å². The van der Waals surface area contributed by atoms with E-state index in [0.717, 1.165) is 45.6 Å². The molecule has 0 spiro atoms. The number of nitrogens with one attached hydrogen (secondary N) is 1. The second kappa shape index (κ2) is 9.27. The number of pyridine rings is 1. The van der Waals surface area contributed by atoms with E-state index in [2.05, 4.69) is 76.0 Å². The first-order chi connectivity index (χ1) is 16.0. The predicted molar refractivity (Wildman–Crippen MR) is 132 cm³/mol. The quantitative estimate of drug-likeness (QED) is 0.654. The fourth-order valence-corrected chi connectivity index (χ4v) is 5.42. The molecule has 6 heteroatoms. The summed E-state index contributed by atoms with van der Waals surface area (Å²) in [5.74, 6) is 0.786. The fraction of sp³-hybridized carbons (Fsp3) is 0.481. The van der Waals surface area contributed by atoms with Crippen LogP contribution in [0, 0.1) is 5.92 Å². The zero-order valence-corrected chi connectivity index (χ0v) is 20.0. The van der Waals surface area contributed by atoms with Crippen molar-refractivity contribution in [3.8, 4) is 0 Å². The van der Waals surface area contributed by atoms with Crippen molar-refractivity contribution >= 4 is 16.8 Å². The van der Waals surface area contributed by atoms with Gasteiger partial charge in [0.05, 0.1) is 6.04 Å². The largest absolute Gasteiger partial charge is 0.343 e. The van der Waals surface area contributed by atoms with Gasteiger partial charge in [0.15, 0.2) is 0 Å². The number of carbonyl (C=O) groups excluding carboxylic acids is 1. The van der Waals surface area contributed by atoms with E-state index in [9.17, 15) is 4.79 Å². The zero-order valence-electron chi connectivity index (χ0n) is 20.0. The van der Waals surface area contributed by atoms with Gasteiger partial charge in [-0.15, -0.1) is 0 Å². The molecule has 1 aromatic carbocycles. The Morgan fingerprint density at radius 2 is 1.97 bits per heavy atom. The summed E-state index contributed by atoms with van der Waals surface area (Å²) in [6.45, 7) is 8.82. The highest BCUT2D eigenvalue weighted by atomic mass is 16.2. The lowest BCUT2D eigenvalue weighted by atomic mass is 9.94. The molecule has 6 nitrogen and oxygen atoms in total. The van der Waals surface area contributed by atoms with Gasteiger partial charge in [-0.2, -0.15) is 0 Å². The highest BCUT2D eigenvalue weighted by Gasteiger charge is 2.33. The standard InChI is InChI=1S/C27H35N5O/c1-19(2)14-23-22-7-4-8-25-26(22)21(18-32(25)17-20-6-5-9-28-16-20)15-24(29-23)27(33)31-12-10-30(3)11-13-31/h4-9,16,18-19,23-24,29H,10-15,17H2,1-3H3/t23-,24-/m0/s1. The van der Waals surface area contributed by atoms with E-state index in [1.165, 1.54) is 27.6 Å². The lowest BCUT2D eigenvalue weighted by molar-refractivity contribution is -0.135. The fourth-order valence-electron chi connectivity index (χ4n) is 5.42. The third-order valence-corrected chi connectivity index (χ3v) is 7.11. The molecule has 1 fully saturated rings. The molecule has 2 atom stereocenters. The van der Waals surface area contributed by atoms with Crippen molar-refractivity contribution in [2.45, 2.75) is 45.3 Å². The molecular weight excluding hydrogens is 410 g/mol. The number of aromatic nitrogens is 2. The SMILES string of the molecule is CC(C)C[C@@H]1N[C@H](C(=O)N2CCN(C)CC2)Cc2cn(Cc3cccnc3)c3cccc1c23. The van der Waals surface area contributed by atoms with Crippen molar-refractivity contribution < 1.29 is 4.79 Å². The first-order valence-electron chi connectivity index (χ1n) is 12.2. The molecule has 2 aliphatic heterocycles. The molecule has 33 heavy (non-hydrogen) atoms. The average molecular weight is 446 g/mol. The molecule has 5 rings (SSSR count). The van der Waals surface area contributed by atoms with E-state index in [1.807, 2.05) is 18.5 Å². The summed E-state index contributed by atoms with van der Waals surface area (Å²) in [4.78, 5) is 22.3. The van der Waals surface area contributed by atoms with E-state index in [-0.39, 0.29) is 18.0 Å². The lowest BCUT2D eigenvalue weighted by Crippen LogP contribution is -2.54. The van der Waals surface area contributed by atoms with Gasteiger partial charge in [-0.05, 0) is 54.6 Å². The summed E-state index contributed by atoms with van der Waals surface area (Å²) in [6, 6.07) is 10.7. The summed E-state index contributed by atoms with van der Waals surface area (Å²) in [5.41, 5.74) is 5.03. The number of carbonyl (C=O) groups is 1. The van der Waals surface area contributed by atoms with E-state index >= 15 is 0 Å². The lowest BCUT2D eigenvalue weighted by Gasteiger charge is -2.35. The summed E-state index contributed by atoms with van der Waals surface area (Å²) >= 11 is 0. The van der Waals surface area contributed by atoms with Gasteiger partial charge in [0.25, 0.3) is 0 Å². The van der Waals surface area contributed by atoms with Crippen LogP contribution in [-0.2, 0) is 17.8 Å². The van der Waals surface area contributed by atoms with Gasteiger partial charge in [0.2, 0.25) is 5.91 Å². The number of nitrogens with zero attached hydrogens (tertiary/aromatic N) is 4. The van der Waals surface area contributed by atoms with Crippen molar-refractivity contribution in [1.82, 2.24) is 24.7 Å². The Hall–Kier alpha value is -2.70. The van der Waals surface area contributed by atoms with Crippen molar-refractivity contribution in [1.29, 1.82) is 0 Å². The van der Waals surface area contributed by atoms with Crippen molar-refractivity contribution in [3.63, 3.8) is 0 Å². The molecular formula is C27H35N5O. The molecule has 3 aromatic rings. The first-order valence-corrected chi connectivity index (χ1v) is 12.2. The molecule has 2 aliphatic rings. The maximum Gasteiger partial charge on any atom is 0.240 e. The Balaban J connectivity index is 1.52. The molecule has 0 unspecified atom stereocenters. The second-order valence-electron chi connectivity index (χ2n) is 10.1. The van der Waals surface area contributed by atoms with Crippen LogP contribution < -0.4 is 5.32 Å². The Bertz CT molecular complexity index is 1110. The van der Waals surface area contributed by atoms with Crippen LogP contribution in [0.5, 0.6) is 0 Å². The number of likely N-dealkylation sites (N-methyl/N-ethyl adjacent to an activating group) is 1. The Labute approximate surface area is 196 Å². The van der Waals surface area contributed by atoms with E-state index in [4.69, 9.17) is 0 Å². The molecule has 0 bridgehead atoms. The first kappa shape index (κ1) is 22.1. The minimum Gasteiger partial charge on any atom is -0.343 e. The van der Waals surface area contributed by atoms with Crippen molar-refractivity contribution in [2.24, 2.45) is 5.92 Å². The Kier molecular flexibility index (Phi) is 6.21. The Morgan fingerprint density at radius 1 is 1.15 bits per heavy atom. The molecule has 0 saturated carbocycles. The summed E-state index contributed by atoms with van der Waals surface area (Å²) in [6.07, 6.45) is 7.76. The van der Waals surface area contributed by atoms with Crippen LogP contribution >= 0.6 is 0 Å². The topological polar surface area (TPSA) is 53.4 Å². The van der Waals surface area contributed by atoms with Crippen LogP contribution in [0.2, 0.25) is 0 Å².